The lowest BCUT2D eigenvalue weighted by Crippen LogP contribution is -1.48. The van der Waals surface area contributed by atoms with Crippen molar-refractivity contribution in [2.45, 2.75) is 34.1 Å². The summed E-state index contributed by atoms with van der Waals surface area (Å²) in [6.07, 6.45) is 17.4. The molecule has 0 spiro atoms. The molecule has 0 amide bonds. The van der Waals surface area contributed by atoms with Crippen LogP contribution in [0.2, 0.25) is 0 Å². The Morgan fingerprint density at radius 3 is 1.82 bits per heavy atom. The van der Waals surface area contributed by atoms with Gasteiger partial charge in [0.1, 0.15) is 0 Å². The third-order valence-electron chi connectivity index (χ3n) is 0.675. The van der Waals surface area contributed by atoms with E-state index in [1.165, 1.54) is 0 Å². The summed E-state index contributed by atoms with van der Waals surface area (Å²) >= 11 is 0. The highest BCUT2D eigenvalue weighted by atomic mass is 13.6. The Morgan fingerprint density at radius 2 is 1.55 bits per heavy atom. The van der Waals surface area contributed by atoms with Crippen LogP contribution in [0.1, 0.15) is 34.1 Å². The van der Waals surface area contributed by atoms with Gasteiger partial charge in [-0.25, -0.2) is 0 Å². The fourth-order valence-electron chi connectivity index (χ4n) is 0.326. The zero-order valence-corrected chi connectivity index (χ0v) is 8.17. The van der Waals surface area contributed by atoms with Crippen molar-refractivity contribution in [3.8, 4) is 12.8 Å². The van der Waals surface area contributed by atoms with Gasteiger partial charge in [-0.05, 0) is 13.3 Å². The molecule has 0 nitrogen and oxygen atoms in total. The van der Waals surface area contributed by atoms with Crippen molar-refractivity contribution >= 4 is 0 Å². The van der Waals surface area contributed by atoms with Crippen molar-refractivity contribution in [1.29, 1.82) is 0 Å². The first-order chi connectivity index (χ1) is 5.41. The fraction of sp³-hybridized carbons (Fsp3) is 0.455. The van der Waals surface area contributed by atoms with Crippen LogP contribution in [0.25, 0.3) is 0 Å². The third kappa shape index (κ3) is 48.5. The maximum absolute atomic E-state index is 4.00. The largest absolute Gasteiger partial charge is 0.124 e. The van der Waals surface area contributed by atoms with Gasteiger partial charge in [-0.2, -0.15) is 0 Å². The molecule has 0 aliphatic carbocycles. The van der Waals surface area contributed by atoms with Crippen molar-refractivity contribution in [1.82, 2.24) is 0 Å². The summed E-state index contributed by atoms with van der Waals surface area (Å²) in [6, 6.07) is 0. The molecule has 0 N–H and O–H groups in total. The SMILES string of the molecule is C#C.C/C=C\C=C/CC.CC. The summed E-state index contributed by atoms with van der Waals surface area (Å²) in [4.78, 5) is 0. The minimum Gasteiger partial charge on any atom is -0.124 e. The van der Waals surface area contributed by atoms with E-state index in [1.54, 1.807) is 0 Å². The van der Waals surface area contributed by atoms with E-state index >= 15 is 0 Å². The van der Waals surface area contributed by atoms with Crippen molar-refractivity contribution in [2.24, 2.45) is 0 Å². The highest BCUT2D eigenvalue weighted by molar-refractivity contribution is 5.00. The molecular formula is C11H20. The molecule has 0 heterocycles. The van der Waals surface area contributed by atoms with Crippen LogP contribution in [0.4, 0.5) is 0 Å². The van der Waals surface area contributed by atoms with E-state index in [4.69, 9.17) is 0 Å². The molecule has 0 aliphatic rings. The average molecular weight is 152 g/mol. The molecule has 0 saturated carbocycles. The Hall–Kier alpha value is -0.960. The quantitative estimate of drug-likeness (QED) is 0.417. The van der Waals surface area contributed by atoms with E-state index in [1.807, 2.05) is 32.9 Å². The zero-order chi connectivity index (χ0) is 9.54. The molecule has 64 valence electrons. The molecule has 0 unspecified atom stereocenters. The van der Waals surface area contributed by atoms with Crippen LogP contribution in [0.3, 0.4) is 0 Å². The fourth-order valence-corrected chi connectivity index (χ4v) is 0.326. The maximum Gasteiger partial charge on any atom is -0.0376 e. The van der Waals surface area contributed by atoms with E-state index in [-0.39, 0.29) is 0 Å². The molecule has 0 aromatic rings. The normalized spacial score (nSPS) is 8.18. The third-order valence-corrected chi connectivity index (χ3v) is 0.675. The lowest BCUT2D eigenvalue weighted by molar-refractivity contribution is 1.22. The highest BCUT2D eigenvalue weighted by Gasteiger charge is 1.57. The Kier molecular flexibility index (Phi) is 53.9. The van der Waals surface area contributed by atoms with Gasteiger partial charge in [-0.15, -0.1) is 12.8 Å². The predicted molar refractivity (Wildman–Crippen MR) is 55.5 cm³/mol. The van der Waals surface area contributed by atoms with E-state index in [0.717, 1.165) is 6.42 Å². The van der Waals surface area contributed by atoms with Gasteiger partial charge in [-0.3, -0.25) is 0 Å². The van der Waals surface area contributed by atoms with Gasteiger partial charge in [0.15, 0.2) is 0 Å². The standard InChI is InChI=1S/C7H12.C2H6.C2H2/c1-3-5-7-6-4-2;2*1-2/h3,5-7H,4H2,1-2H3;1-2H3;1-2H/b5-3-,7-6-;;. The number of hydrogen-bond donors (Lipinski definition) is 0. The van der Waals surface area contributed by atoms with Crippen molar-refractivity contribution < 1.29 is 0 Å². The van der Waals surface area contributed by atoms with Crippen LogP contribution in [-0.2, 0) is 0 Å². The van der Waals surface area contributed by atoms with E-state index in [9.17, 15) is 0 Å². The summed E-state index contributed by atoms with van der Waals surface area (Å²) in [6.45, 7) is 8.14. The molecule has 0 rings (SSSR count). The average Bonchev–Trinajstić information content (AvgIpc) is 2.13. The minimum atomic E-state index is 1.13. The van der Waals surface area contributed by atoms with Crippen LogP contribution < -0.4 is 0 Å². The van der Waals surface area contributed by atoms with E-state index < -0.39 is 0 Å². The topological polar surface area (TPSA) is 0 Å². The highest BCUT2D eigenvalue weighted by Crippen LogP contribution is 1.79. The summed E-state index contributed by atoms with van der Waals surface area (Å²) in [5.74, 6) is 0. The second-order valence-electron chi connectivity index (χ2n) is 1.36. The van der Waals surface area contributed by atoms with Gasteiger partial charge in [0.05, 0.1) is 0 Å². The van der Waals surface area contributed by atoms with Gasteiger partial charge in [-0.1, -0.05) is 45.1 Å². The van der Waals surface area contributed by atoms with Gasteiger partial charge < -0.3 is 0 Å². The van der Waals surface area contributed by atoms with Crippen LogP contribution in [0.15, 0.2) is 24.3 Å². The number of hydrogen-bond acceptors (Lipinski definition) is 0. The van der Waals surface area contributed by atoms with Crippen molar-refractivity contribution in [3.63, 3.8) is 0 Å². The summed E-state index contributed by atoms with van der Waals surface area (Å²) in [5.41, 5.74) is 0. The van der Waals surface area contributed by atoms with Crippen LogP contribution in [-0.4, -0.2) is 0 Å². The Morgan fingerprint density at radius 1 is 1.09 bits per heavy atom. The Balaban J connectivity index is -0.000000138. The first-order valence-electron chi connectivity index (χ1n) is 4.03. The van der Waals surface area contributed by atoms with Crippen molar-refractivity contribution in [2.75, 3.05) is 0 Å². The van der Waals surface area contributed by atoms with E-state index in [2.05, 4.69) is 31.9 Å². The van der Waals surface area contributed by atoms with Crippen molar-refractivity contribution in [3.05, 3.63) is 24.3 Å². The molecular weight excluding hydrogens is 132 g/mol. The molecule has 0 heteroatoms. The first kappa shape index (κ1) is 16.6. The Bertz CT molecular complexity index is 93.9. The molecule has 0 fully saturated rings. The second kappa shape index (κ2) is 35.8. The molecule has 0 aromatic heterocycles. The van der Waals surface area contributed by atoms with Gasteiger partial charge in [0, 0.05) is 0 Å². The molecule has 0 saturated heterocycles. The van der Waals surface area contributed by atoms with Crippen LogP contribution >= 0.6 is 0 Å². The molecule has 0 aliphatic heterocycles. The number of allylic oxidation sites excluding steroid dienone is 4. The number of terminal acetylenes is 1. The van der Waals surface area contributed by atoms with E-state index in [0.29, 0.717) is 0 Å². The summed E-state index contributed by atoms with van der Waals surface area (Å²) in [5, 5.41) is 0. The lowest BCUT2D eigenvalue weighted by atomic mass is 10.4. The van der Waals surface area contributed by atoms with Crippen LogP contribution in [0, 0.1) is 12.8 Å². The summed E-state index contributed by atoms with van der Waals surface area (Å²) < 4.78 is 0. The first-order valence-corrected chi connectivity index (χ1v) is 4.03. The lowest BCUT2D eigenvalue weighted by Gasteiger charge is -1.70. The summed E-state index contributed by atoms with van der Waals surface area (Å²) in [7, 11) is 0. The maximum atomic E-state index is 4.00. The second-order valence-corrected chi connectivity index (χ2v) is 1.36. The molecule has 0 aromatic carbocycles. The molecule has 11 heavy (non-hydrogen) atoms. The molecule has 0 atom stereocenters. The van der Waals surface area contributed by atoms with Gasteiger partial charge >= 0.3 is 0 Å². The van der Waals surface area contributed by atoms with Crippen LogP contribution in [0.5, 0.6) is 0 Å². The molecule has 0 bridgehead atoms. The minimum absolute atomic E-state index is 1.13. The smallest absolute Gasteiger partial charge is 0.0376 e. The molecule has 0 radical (unpaired) electrons. The monoisotopic (exact) mass is 152 g/mol. The zero-order valence-electron chi connectivity index (χ0n) is 8.17. The van der Waals surface area contributed by atoms with Gasteiger partial charge in [0.25, 0.3) is 0 Å². The Labute approximate surface area is 72.0 Å². The van der Waals surface area contributed by atoms with Gasteiger partial charge in [0.2, 0.25) is 0 Å². The predicted octanol–water partition coefficient (Wildman–Crippen LogP) is 3.80. The number of rotatable bonds is 2.